The molecule has 8 aromatic rings. The normalized spacial score (nSPS) is 8.39. The van der Waals surface area contributed by atoms with Crippen LogP contribution in [0.1, 0.15) is 83.1 Å². The van der Waals surface area contributed by atoms with Crippen LogP contribution in [0.15, 0.2) is 182 Å². The van der Waals surface area contributed by atoms with E-state index >= 15 is 0 Å². The Hall–Kier alpha value is -6.99. The third-order valence-electron chi connectivity index (χ3n) is 6.39. The van der Waals surface area contributed by atoms with E-state index < -0.39 is 0 Å². The lowest BCUT2D eigenvalue weighted by atomic mass is 10.3. The number of anilines is 3. The van der Waals surface area contributed by atoms with Crippen LogP contribution in [0.25, 0.3) is 0 Å². The van der Waals surface area contributed by atoms with Gasteiger partial charge in [-0.15, -0.1) is 4.98 Å². The topological polar surface area (TPSA) is 174 Å². The van der Waals surface area contributed by atoms with E-state index in [1.165, 1.54) is 0 Å². The van der Waals surface area contributed by atoms with Gasteiger partial charge in [0.1, 0.15) is 23.0 Å². The number of ether oxygens (including phenoxy) is 2. The summed E-state index contributed by atoms with van der Waals surface area (Å²) in [5.41, 5.74) is 7.03. The van der Waals surface area contributed by atoms with Crippen LogP contribution in [0, 0.1) is 0 Å². The molecular formula is C54H71Cl3N8O4. The molecule has 0 atom stereocenters. The molecule has 69 heavy (non-hydrogen) atoms. The lowest BCUT2D eigenvalue weighted by molar-refractivity contribution is 0.399. The predicted octanol–water partition coefficient (Wildman–Crippen LogP) is 17.2. The van der Waals surface area contributed by atoms with Crippen LogP contribution in [0.4, 0.5) is 17.3 Å². The Labute approximate surface area is 426 Å². The van der Waals surface area contributed by atoms with Gasteiger partial charge >= 0.3 is 12.0 Å². The van der Waals surface area contributed by atoms with Gasteiger partial charge in [-0.05, 0) is 108 Å². The van der Waals surface area contributed by atoms with Crippen LogP contribution in [0.3, 0.4) is 0 Å². The van der Waals surface area contributed by atoms with Crippen molar-refractivity contribution in [3.05, 3.63) is 198 Å². The van der Waals surface area contributed by atoms with Gasteiger partial charge in [0.25, 0.3) is 0 Å². The fourth-order valence-electron chi connectivity index (χ4n) is 3.94. The molecule has 0 fully saturated rings. The number of para-hydroxylation sites is 6. The molecule has 6 aromatic carbocycles. The number of halogens is 3. The minimum Gasteiger partial charge on any atom is -0.508 e. The number of phenolic OH excluding ortho intramolecular Hbond substituents is 2. The average Bonchev–Trinajstić information content (AvgIpc) is 3.39. The highest BCUT2D eigenvalue weighted by atomic mass is 35.5. The Balaban J connectivity index is -0.000000853. The van der Waals surface area contributed by atoms with Crippen LogP contribution in [0.2, 0.25) is 15.9 Å². The van der Waals surface area contributed by atoms with E-state index in [0.717, 1.165) is 11.4 Å². The molecule has 2 heterocycles. The van der Waals surface area contributed by atoms with Crippen molar-refractivity contribution < 1.29 is 19.7 Å². The number of aromatic hydroxyl groups is 2. The van der Waals surface area contributed by atoms with Crippen molar-refractivity contribution in [2.24, 2.45) is 0 Å². The van der Waals surface area contributed by atoms with E-state index in [2.05, 4.69) is 35.2 Å². The Kier molecular flexibility index (Phi) is 45.6. The number of nitrogens with one attached hydrogen (secondary N) is 1. The summed E-state index contributed by atoms with van der Waals surface area (Å²) >= 11 is 16.0. The van der Waals surface area contributed by atoms with Gasteiger partial charge in [-0.3, -0.25) is 0 Å². The van der Waals surface area contributed by atoms with Gasteiger partial charge in [0.05, 0.1) is 0 Å². The predicted molar refractivity (Wildman–Crippen MR) is 293 cm³/mol. The van der Waals surface area contributed by atoms with Crippen molar-refractivity contribution in [2.75, 3.05) is 11.1 Å². The number of hydrogen-bond acceptors (Lipinski definition) is 12. The zero-order chi connectivity index (χ0) is 52.5. The SMILES string of the molecule is CC.CC.CC.CC.CC.CC.Clc1nc(Cl)nc(Cl)n1.Nc1ccccc1.Oc1ccccc1.Oc1ccccc1.c1ccc(Nc2nc(Oc3ccccc3)nc(Oc3ccccc3)n2)cc1. The standard InChI is InChI=1S/C21H16N4O2.C6H7N.2C6H6O.C3Cl3N3.6C2H6/c1-4-10-16(11-5-1)22-19-23-20(26-17-12-6-2-7-13-17)25-21(24-19)27-18-14-8-3-9-15-18;3*7-6-4-2-1-3-5-6;4-1-7-2(5)9-3(6)8-1;6*1-2/h1-15H,(H,22,23,24,25);1-5H,7H2;2*1-5,7H;;6*1-2H3. The first-order valence-corrected chi connectivity index (χ1v) is 23.9. The molecule has 0 amide bonds. The van der Waals surface area contributed by atoms with E-state index in [9.17, 15) is 0 Å². The summed E-state index contributed by atoms with van der Waals surface area (Å²) in [6, 6.07) is 55.4. The highest BCUT2D eigenvalue weighted by Crippen LogP contribution is 2.25. The maximum atomic E-state index is 8.63. The summed E-state index contributed by atoms with van der Waals surface area (Å²) in [5, 5.41) is 20.4. The molecule has 0 unspecified atom stereocenters. The molecule has 0 spiro atoms. The molecule has 8 rings (SSSR count). The van der Waals surface area contributed by atoms with Gasteiger partial charge in [0.15, 0.2) is 0 Å². The summed E-state index contributed by atoms with van der Waals surface area (Å²) in [6.07, 6.45) is 0. The summed E-state index contributed by atoms with van der Waals surface area (Å²) in [7, 11) is 0. The monoisotopic (exact) mass is 1000 g/mol. The van der Waals surface area contributed by atoms with E-state index in [0.29, 0.717) is 28.9 Å². The summed E-state index contributed by atoms with van der Waals surface area (Å²) < 4.78 is 11.5. The van der Waals surface area contributed by atoms with Crippen LogP contribution < -0.4 is 20.5 Å². The average molecular weight is 1000 g/mol. The van der Waals surface area contributed by atoms with Gasteiger partial charge in [-0.25, -0.2) is 0 Å². The summed E-state index contributed by atoms with van der Waals surface area (Å²) in [5.74, 6) is 2.22. The molecule has 0 saturated carbocycles. The minimum atomic E-state index is 0.000000000000000444. The maximum Gasteiger partial charge on any atom is 0.330 e. The Morgan fingerprint density at radius 2 is 0.623 bits per heavy atom. The highest BCUT2D eigenvalue weighted by molar-refractivity contribution is 6.33. The van der Waals surface area contributed by atoms with E-state index in [1.807, 2.05) is 217 Å². The van der Waals surface area contributed by atoms with E-state index in [-0.39, 0.29) is 27.9 Å². The third kappa shape index (κ3) is 35.8. The fraction of sp³-hybridized carbons (Fsp3) is 0.222. The number of nitrogens with zero attached hydrogens (tertiary/aromatic N) is 6. The molecule has 2 aromatic heterocycles. The molecule has 12 nitrogen and oxygen atoms in total. The smallest absolute Gasteiger partial charge is 0.330 e. The van der Waals surface area contributed by atoms with Crippen molar-refractivity contribution in [2.45, 2.75) is 83.1 Å². The van der Waals surface area contributed by atoms with Gasteiger partial charge < -0.3 is 30.7 Å². The third-order valence-corrected chi connectivity index (χ3v) is 6.90. The van der Waals surface area contributed by atoms with Crippen LogP contribution in [0.5, 0.6) is 35.0 Å². The zero-order valence-electron chi connectivity index (χ0n) is 41.9. The van der Waals surface area contributed by atoms with Crippen molar-refractivity contribution in [3.63, 3.8) is 0 Å². The molecule has 0 aliphatic carbocycles. The lowest BCUT2D eigenvalue weighted by Gasteiger charge is -2.10. The van der Waals surface area contributed by atoms with Crippen molar-refractivity contribution in [3.8, 4) is 35.0 Å². The van der Waals surface area contributed by atoms with Crippen molar-refractivity contribution in [1.82, 2.24) is 29.9 Å². The minimum absolute atomic E-state index is 0.000000000000000444. The Morgan fingerprint density at radius 1 is 0.362 bits per heavy atom. The van der Waals surface area contributed by atoms with Crippen molar-refractivity contribution in [1.29, 1.82) is 0 Å². The van der Waals surface area contributed by atoms with Crippen LogP contribution in [-0.2, 0) is 0 Å². The number of hydrogen-bond donors (Lipinski definition) is 4. The zero-order valence-corrected chi connectivity index (χ0v) is 44.2. The van der Waals surface area contributed by atoms with Gasteiger partial charge in [-0.2, -0.15) is 24.9 Å². The van der Waals surface area contributed by atoms with Gasteiger partial charge in [-0.1, -0.05) is 192 Å². The number of nitrogens with two attached hydrogens (primary N) is 1. The molecule has 0 aliphatic rings. The molecule has 0 bridgehead atoms. The first-order chi connectivity index (χ1) is 33.7. The Bertz CT molecular complexity index is 2010. The molecule has 5 N–H and O–H groups in total. The molecule has 0 saturated heterocycles. The number of nitrogen functional groups attached to an aromatic ring is 1. The number of phenols is 2. The second-order valence-electron chi connectivity index (χ2n) is 10.8. The van der Waals surface area contributed by atoms with Gasteiger partial charge in [0.2, 0.25) is 21.8 Å². The molecule has 0 aliphatic heterocycles. The first-order valence-electron chi connectivity index (χ1n) is 22.8. The number of rotatable bonds is 6. The van der Waals surface area contributed by atoms with E-state index in [4.69, 9.17) is 60.2 Å². The summed E-state index contributed by atoms with van der Waals surface area (Å²) in [6.45, 7) is 24.0. The summed E-state index contributed by atoms with van der Waals surface area (Å²) in [4.78, 5) is 23.3. The largest absolute Gasteiger partial charge is 0.508 e. The molecular weight excluding hydrogens is 931 g/mol. The van der Waals surface area contributed by atoms with E-state index in [1.54, 1.807) is 48.5 Å². The van der Waals surface area contributed by atoms with Crippen LogP contribution >= 0.6 is 34.8 Å². The highest BCUT2D eigenvalue weighted by Gasteiger charge is 2.11. The second-order valence-corrected chi connectivity index (χ2v) is 11.8. The molecule has 0 radical (unpaired) electrons. The number of benzene rings is 6. The Morgan fingerprint density at radius 3 is 0.870 bits per heavy atom. The van der Waals surface area contributed by atoms with Gasteiger partial charge in [0, 0.05) is 11.4 Å². The van der Waals surface area contributed by atoms with Crippen LogP contribution in [-0.4, -0.2) is 40.1 Å². The molecule has 372 valence electrons. The quantitative estimate of drug-likeness (QED) is 0.116. The maximum absolute atomic E-state index is 8.63. The lowest BCUT2D eigenvalue weighted by Crippen LogP contribution is -2.03. The second kappa shape index (κ2) is 47.5. The fourth-order valence-corrected chi connectivity index (χ4v) is 4.55. The first kappa shape index (κ1) is 66.3. The number of aromatic nitrogens is 6. The molecule has 15 heteroatoms. The van der Waals surface area contributed by atoms with Crippen molar-refractivity contribution >= 4 is 52.1 Å².